The van der Waals surface area contributed by atoms with Gasteiger partial charge in [-0.15, -0.1) is 0 Å². The summed E-state index contributed by atoms with van der Waals surface area (Å²) in [5.41, 5.74) is 5.50. The lowest BCUT2D eigenvalue weighted by atomic mass is 10.1. The second kappa shape index (κ2) is 6.27. The fourth-order valence-electron chi connectivity index (χ4n) is 1.54. The van der Waals surface area contributed by atoms with E-state index in [0.29, 0.717) is 13.1 Å². The number of imidazole rings is 1. The van der Waals surface area contributed by atoms with Gasteiger partial charge in [-0.1, -0.05) is 6.92 Å². The monoisotopic (exact) mass is 224 g/mol. The molecule has 3 N–H and O–H groups in total. The highest BCUT2D eigenvalue weighted by Crippen LogP contribution is 2.00. The van der Waals surface area contributed by atoms with Crippen LogP contribution in [0.25, 0.3) is 0 Å². The van der Waals surface area contributed by atoms with Crippen LogP contribution in [-0.4, -0.2) is 28.5 Å². The van der Waals surface area contributed by atoms with Gasteiger partial charge in [-0.25, -0.2) is 4.98 Å². The summed E-state index contributed by atoms with van der Waals surface area (Å²) in [6.07, 6.45) is 5.18. The molecule has 1 heterocycles. The zero-order valence-electron chi connectivity index (χ0n) is 9.94. The van der Waals surface area contributed by atoms with Gasteiger partial charge >= 0.3 is 0 Å². The Balaban J connectivity index is 2.30. The molecule has 1 aromatic rings. The van der Waals surface area contributed by atoms with Crippen molar-refractivity contribution in [3.63, 3.8) is 0 Å². The molecule has 0 aliphatic carbocycles. The van der Waals surface area contributed by atoms with E-state index in [2.05, 4.69) is 10.3 Å². The molecule has 0 saturated carbocycles. The van der Waals surface area contributed by atoms with Crippen molar-refractivity contribution in [2.24, 2.45) is 18.7 Å². The minimum absolute atomic E-state index is 0.0409. The van der Waals surface area contributed by atoms with Gasteiger partial charge in [0.2, 0.25) is 5.91 Å². The van der Waals surface area contributed by atoms with Crippen molar-refractivity contribution in [1.82, 2.24) is 14.9 Å². The number of hydrogen-bond acceptors (Lipinski definition) is 3. The molecule has 0 aromatic carbocycles. The molecule has 1 aromatic heterocycles. The van der Waals surface area contributed by atoms with Gasteiger partial charge in [-0.05, 0) is 6.42 Å². The third kappa shape index (κ3) is 3.34. The number of carbonyl (C=O) groups excluding carboxylic acids is 1. The van der Waals surface area contributed by atoms with E-state index < -0.39 is 0 Å². The fourth-order valence-corrected chi connectivity index (χ4v) is 1.54. The number of amides is 1. The van der Waals surface area contributed by atoms with E-state index >= 15 is 0 Å². The molecule has 1 unspecified atom stereocenters. The lowest BCUT2D eigenvalue weighted by molar-refractivity contribution is -0.124. The molecule has 0 radical (unpaired) electrons. The number of aryl methyl sites for hydroxylation is 1. The largest absolute Gasteiger partial charge is 0.355 e. The summed E-state index contributed by atoms with van der Waals surface area (Å²) in [5, 5.41) is 2.88. The Labute approximate surface area is 96.0 Å². The van der Waals surface area contributed by atoms with Crippen LogP contribution in [0, 0.1) is 5.92 Å². The molecule has 0 aliphatic heterocycles. The topological polar surface area (TPSA) is 72.9 Å². The minimum atomic E-state index is -0.0682. The molecule has 1 amide bonds. The summed E-state index contributed by atoms with van der Waals surface area (Å²) in [5.74, 6) is 0.946. The first-order valence-corrected chi connectivity index (χ1v) is 5.63. The number of nitrogens with zero attached hydrogens (tertiary/aromatic N) is 2. The molecule has 1 rings (SSSR count). The van der Waals surface area contributed by atoms with E-state index in [4.69, 9.17) is 5.73 Å². The third-order valence-electron chi connectivity index (χ3n) is 2.72. The van der Waals surface area contributed by atoms with Crippen molar-refractivity contribution in [3.8, 4) is 0 Å². The molecule has 0 saturated heterocycles. The average Bonchev–Trinajstić information content (AvgIpc) is 2.66. The normalized spacial score (nSPS) is 12.4. The van der Waals surface area contributed by atoms with Gasteiger partial charge in [0.1, 0.15) is 5.82 Å². The smallest absolute Gasteiger partial charge is 0.224 e. The van der Waals surface area contributed by atoms with Gasteiger partial charge < -0.3 is 15.6 Å². The number of nitrogens with two attached hydrogens (primary N) is 1. The Bertz CT molecular complexity index is 330. The van der Waals surface area contributed by atoms with Crippen LogP contribution in [-0.2, 0) is 18.3 Å². The fraction of sp³-hybridized carbons (Fsp3) is 0.636. The van der Waals surface area contributed by atoms with Gasteiger partial charge in [-0.3, -0.25) is 4.79 Å². The number of rotatable bonds is 6. The van der Waals surface area contributed by atoms with Crippen LogP contribution in [0.4, 0.5) is 0 Å². The number of carbonyl (C=O) groups is 1. The van der Waals surface area contributed by atoms with Gasteiger partial charge in [0.25, 0.3) is 0 Å². The van der Waals surface area contributed by atoms with Crippen LogP contribution in [0.3, 0.4) is 0 Å². The molecule has 90 valence electrons. The summed E-state index contributed by atoms with van der Waals surface area (Å²) in [7, 11) is 1.94. The Hall–Kier alpha value is -1.36. The summed E-state index contributed by atoms with van der Waals surface area (Å²) in [6.45, 7) is 2.99. The van der Waals surface area contributed by atoms with Gasteiger partial charge in [0.15, 0.2) is 0 Å². The van der Waals surface area contributed by atoms with Crippen molar-refractivity contribution >= 4 is 5.91 Å². The van der Waals surface area contributed by atoms with Gasteiger partial charge in [-0.2, -0.15) is 0 Å². The first kappa shape index (κ1) is 12.7. The number of aromatic nitrogens is 2. The van der Waals surface area contributed by atoms with E-state index in [1.54, 1.807) is 6.20 Å². The van der Waals surface area contributed by atoms with Crippen LogP contribution < -0.4 is 11.1 Å². The zero-order chi connectivity index (χ0) is 12.0. The maximum absolute atomic E-state index is 11.6. The first-order chi connectivity index (χ1) is 7.69. The second-order valence-electron chi connectivity index (χ2n) is 3.84. The lowest BCUT2D eigenvalue weighted by Crippen LogP contribution is -2.35. The molecule has 0 bridgehead atoms. The van der Waals surface area contributed by atoms with Crippen LogP contribution >= 0.6 is 0 Å². The SMILES string of the molecule is CCC(CN)C(=O)NCCc1nccn1C. The van der Waals surface area contributed by atoms with Crippen LogP contribution in [0.1, 0.15) is 19.2 Å². The Morgan fingerprint density at radius 1 is 1.69 bits per heavy atom. The second-order valence-corrected chi connectivity index (χ2v) is 3.84. The van der Waals surface area contributed by atoms with Gasteiger partial charge in [0, 0.05) is 44.9 Å². The molecule has 0 aliphatic rings. The highest BCUT2D eigenvalue weighted by molar-refractivity contribution is 5.78. The Morgan fingerprint density at radius 3 is 2.94 bits per heavy atom. The van der Waals surface area contributed by atoms with Crippen molar-refractivity contribution < 1.29 is 4.79 Å². The Morgan fingerprint density at radius 2 is 2.44 bits per heavy atom. The molecule has 5 nitrogen and oxygen atoms in total. The summed E-state index contributed by atoms with van der Waals surface area (Å²) < 4.78 is 1.95. The van der Waals surface area contributed by atoms with E-state index in [1.165, 1.54) is 0 Å². The molecule has 1 atom stereocenters. The van der Waals surface area contributed by atoms with Crippen LogP contribution in [0.15, 0.2) is 12.4 Å². The lowest BCUT2D eigenvalue weighted by Gasteiger charge is -2.12. The highest BCUT2D eigenvalue weighted by atomic mass is 16.1. The maximum atomic E-state index is 11.6. The third-order valence-corrected chi connectivity index (χ3v) is 2.72. The van der Waals surface area contributed by atoms with Crippen molar-refractivity contribution in [1.29, 1.82) is 0 Å². The predicted molar refractivity (Wildman–Crippen MR) is 62.8 cm³/mol. The summed E-state index contributed by atoms with van der Waals surface area (Å²) in [4.78, 5) is 15.8. The van der Waals surface area contributed by atoms with Crippen LogP contribution in [0.2, 0.25) is 0 Å². The molecule has 5 heteroatoms. The molecule has 0 spiro atoms. The number of nitrogens with one attached hydrogen (secondary N) is 1. The van der Waals surface area contributed by atoms with E-state index in [9.17, 15) is 4.79 Å². The maximum Gasteiger partial charge on any atom is 0.224 e. The van der Waals surface area contributed by atoms with Gasteiger partial charge in [0.05, 0.1) is 0 Å². The number of hydrogen-bond donors (Lipinski definition) is 2. The predicted octanol–water partition coefficient (Wildman–Crippen LogP) is 0.0637. The Kier molecular flexibility index (Phi) is 4.98. The van der Waals surface area contributed by atoms with E-state index in [-0.39, 0.29) is 11.8 Å². The summed E-state index contributed by atoms with van der Waals surface area (Å²) in [6, 6.07) is 0. The van der Waals surface area contributed by atoms with Crippen molar-refractivity contribution in [3.05, 3.63) is 18.2 Å². The molecule has 16 heavy (non-hydrogen) atoms. The standard InChI is InChI=1S/C11H20N4O/c1-3-9(8-12)11(16)14-5-4-10-13-6-7-15(10)2/h6-7,9H,3-5,8,12H2,1-2H3,(H,14,16). The first-order valence-electron chi connectivity index (χ1n) is 5.63. The van der Waals surface area contributed by atoms with Crippen LogP contribution in [0.5, 0.6) is 0 Å². The quantitative estimate of drug-likeness (QED) is 0.718. The average molecular weight is 224 g/mol. The zero-order valence-corrected chi connectivity index (χ0v) is 9.94. The molecular formula is C11H20N4O. The van der Waals surface area contributed by atoms with Crippen molar-refractivity contribution in [2.75, 3.05) is 13.1 Å². The van der Waals surface area contributed by atoms with Crippen molar-refractivity contribution in [2.45, 2.75) is 19.8 Å². The van der Waals surface area contributed by atoms with E-state index in [1.807, 2.05) is 24.7 Å². The summed E-state index contributed by atoms with van der Waals surface area (Å²) >= 11 is 0. The minimum Gasteiger partial charge on any atom is -0.355 e. The van der Waals surface area contributed by atoms with E-state index in [0.717, 1.165) is 18.7 Å². The highest BCUT2D eigenvalue weighted by Gasteiger charge is 2.13. The molecular weight excluding hydrogens is 204 g/mol. The molecule has 0 fully saturated rings.